The molecule has 0 aliphatic carbocycles. The second-order valence-corrected chi connectivity index (χ2v) is 18.1. The van der Waals surface area contributed by atoms with E-state index in [0.29, 0.717) is 0 Å². The zero-order valence-electron chi connectivity index (χ0n) is 40.0. The molecular weight excluding hydrogens is 971 g/mol. The van der Waals surface area contributed by atoms with Gasteiger partial charge in [0, 0.05) is 0 Å². The molecular formula is C66H56Hf. The molecule has 12 aromatic carbocycles. The molecule has 0 aliphatic rings. The van der Waals surface area contributed by atoms with Crippen molar-refractivity contribution in [1.29, 1.82) is 0 Å². The van der Waals surface area contributed by atoms with Gasteiger partial charge >= 0.3 is 25.8 Å². The van der Waals surface area contributed by atoms with Gasteiger partial charge < -0.3 is 14.9 Å². The molecule has 0 unspecified atom stereocenters. The smallest absolute Gasteiger partial charge is 0.358 e. The monoisotopic (exact) mass is 1030 g/mol. The predicted molar refractivity (Wildman–Crippen MR) is 292 cm³/mol. The first-order chi connectivity index (χ1) is 31.2. The molecule has 0 fully saturated rings. The molecule has 0 radical (unpaired) electrons. The molecule has 12 aromatic rings. The van der Waals surface area contributed by atoms with Crippen LogP contribution in [0.1, 0.15) is 33.4 Å². The van der Waals surface area contributed by atoms with Crippen molar-refractivity contribution in [3.05, 3.63) is 242 Å². The first-order valence-electron chi connectivity index (χ1n) is 22.6. The van der Waals surface area contributed by atoms with Gasteiger partial charge in [-0.3, -0.25) is 0 Å². The van der Waals surface area contributed by atoms with Crippen LogP contribution in [-0.2, 0) is 25.8 Å². The average Bonchev–Trinajstić information content (AvgIpc) is 3.85. The Balaban J connectivity index is 0.000000174. The van der Waals surface area contributed by atoms with Crippen LogP contribution in [0.25, 0.3) is 109 Å². The summed E-state index contributed by atoms with van der Waals surface area (Å²) in [5.41, 5.74) is 18.5. The van der Waals surface area contributed by atoms with Crippen molar-refractivity contribution in [1.82, 2.24) is 0 Å². The van der Waals surface area contributed by atoms with Crippen LogP contribution >= 0.6 is 0 Å². The van der Waals surface area contributed by atoms with Crippen molar-refractivity contribution in [3.8, 4) is 44.5 Å². The number of hydrogen-bond acceptors (Lipinski definition) is 0. The Bertz CT molecular complexity index is 3490. The predicted octanol–water partition coefficient (Wildman–Crippen LogP) is 19.1. The largest absolute Gasteiger partial charge is 4.00 e. The molecule has 0 bridgehead atoms. The molecule has 0 heterocycles. The van der Waals surface area contributed by atoms with Crippen molar-refractivity contribution in [2.24, 2.45) is 0 Å². The Morgan fingerprint density at radius 3 is 0.940 bits per heavy atom. The van der Waals surface area contributed by atoms with Gasteiger partial charge in [0.25, 0.3) is 0 Å². The number of benzene rings is 10. The SMILES string of the molecule is Cc1cc(C)c(-c2ccc3c(c2)[cH-]c2cc(-c4c(C)cc(C)cc4C)ccc23)c(C)c1.[CH3-].[CH3-].[Hf+4].c1ccc2c(-c3ccc4c(c3)[cH-]c3cc(-c5cccc6ccccc56)ccc34)cccc2c1. The molecule has 1 heteroatoms. The van der Waals surface area contributed by atoms with Gasteiger partial charge in [0.05, 0.1) is 0 Å². The Labute approximate surface area is 416 Å². The maximum absolute atomic E-state index is 2.36. The molecule has 0 nitrogen and oxygen atoms in total. The van der Waals surface area contributed by atoms with Crippen molar-refractivity contribution in [2.45, 2.75) is 41.5 Å². The summed E-state index contributed by atoms with van der Waals surface area (Å²) in [6.07, 6.45) is 0. The fourth-order valence-electron chi connectivity index (χ4n) is 10.9. The van der Waals surface area contributed by atoms with Crippen LogP contribution < -0.4 is 0 Å². The van der Waals surface area contributed by atoms with Crippen LogP contribution in [0.2, 0.25) is 0 Å². The molecule has 0 aliphatic heterocycles. The third kappa shape index (κ3) is 8.52. The average molecular weight is 1030 g/mol. The van der Waals surface area contributed by atoms with Gasteiger partial charge in [0.1, 0.15) is 0 Å². The molecule has 0 N–H and O–H groups in total. The van der Waals surface area contributed by atoms with Crippen molar-refractivity contribution in [2.75, 3.05) is 0 Å². The van der Waals surface area contributed by atoms with E-state index in [9.17, 15) is 0 Å². The van der Waals surface area contributed by atoms with E-state index in [2.05, 4.69) is 236 Å². The fraction of sp³-hybridized carbons (Fsp3) is 0.0909. The van der Waals surface area contributed by atoms with Gasteiger partial charge in [-0.05, 0) is 108 Å². The quantitative estimate of drug-likeness (QED) is 0.122. The number of fused-ring (bicyclic) bond motifs is 8. The summed E-state index contributed by atoms with van der Waals surface area (Å²) < 4.78 is 0. The minimum atomic E-state index is 0. The van der Waals surface area contributed by atoms with Gasteiger partial charge in [0.15, 0.2) is 0 Å². The van der Waals surface area contributed by atoms with E-state index in [-0.39, 0.29) is 40.7 Å². The minimum absolute atomic E-state index is 0. The summed E-state index contributed by atoms with van der Waals surface area (Å²) in [4.78, 5) is 0. The van der Waals surface area contributed by atoms with E-state index in [4.69, 9.17) is 0 Å². The van der Waals surface area contributed by atoms with Crippen molar-refractivity contribution in [3.63, 3.8) is 0 Å². The fourth-order valence-corrected chi connectivity index (χ4v) is 10.9. The first-order valence-corrected chi connectivity index (χ1v) is 22.6. The van der Waals surface area contributed by atoms with Crippen LogP contribution in [0.3, 0.4) is 0 Å². The van der Waals surface area contributed by atoms with Crippen molar-refractivity contribution >= 4 is 64.6 Å². The van der Waals surface area contributed by atoms with Gasteiger partial charge in [-0.1, -0.05) is 191 Å². The molecule has 0 amide bonds. The van der Waals surface area contributed by atoms with E-state index in [1.807, 2.05) is 0 Å². The van der Waals surface area contributed by atoms with Crippen LogP contribution in [-0.4, -0.2) is 0 Å². The van der Waals surface area contributed by atoms with E-state index >= 15 is 0 Å². The van der Waals surface area contributed by atoms with Gasteiger partial charge in [0.2, 0.25) is 0 Å². The van der Waals surface area contributed by atoms with Crippen LogP contribution in [0.5, 0.6) is 0 Å². The Morgan fingerprint density at radius 2 is 0.582 bits per heavy atom. The number of hydrogen-bond donors (Lipinski definition) is 0. The third-order valence-corrected chi connectivity index (χ3v) is 13.5. The normalized spacial score (nSPS) is 11.1. The Morgan fingerprint density at radius 1 is 0.284 bits per heavy atom. The Hall–Kier alpha value is -6.67. The van der Waals surface area contributed by atoms with Gasteiger partial charge in [-0.15, -0.1) is 79.5 Å². The van der Waals surface area contributed by atoms with E-state index in [1.165, 1.54) is 143 Å². The molecule has 0 atom stereocenters. The molecule has 67 heavy (non-hydrogen) atoms. The summed E-state index contributed by atoms with van der Waals surface area (Å²) in [7, 11) is 0. The maximum atomic E-state index is 2.36. The molecule has 0 spiro atoms. The van der Waals surface area contributed by atoms with Gasteiger partial charge in [-0.25, -0.2) is 0 Å². The topological polar surface area (TPSA) is 0 Å². The zero-order valence-corrected chi connectivity index (χ0v) is 43.6. The van der Waals surface area contributed by atoms with E-state index < -0.39 is 0 Å². The van der Waals surface area contributed by atoms with E-state index in [0.717, 1.165) is 0 Å². The first kappa shape index (κ1) is 46.8. The molecule has 0 aromatic heterocycles. The third-order valence-electron chi connectivity index (χ3n) is 13.5. The second kappa shape index (κ2) is 18.9. The number of aryl methyl sites for hydroxylation is 6. The summed E-state index contributed by atoms with van der Waals surface area (Å²) in [6, 6.07) is 71.9. The van der Waals surface area contributed by atoms with Crippen LogP contribution in [0.15, 0.2) is 194 Å². The standard InChI is InChI=1S/C33H21.C31H29.2CH3.Hf/c1-3-11-28-22(7-1)9-5-13-30(28)24-15-17-32-26(19-24)21-27-20-25(16-18-33(27)32)31-14-6-10-23-8-2-4-12-29(23)31;1-18-11-20(3)30(21(4)12-18)24-7-9-28-26(15-24)17-27-16-25(8-10-29(27)28)31-22(5)13-19(2)14-23(31)6;;;/h1-21H;7-17H,1-6H3;2*1H3;/q4*-1;+4. The number of rotatable bonds is 4. The zero-order chi connectivity index (χ0) is 43.6. The Kier molecular flexibility index (Phi) is 13.2. The summed E-state index contributed by atoms with van der Waals surface area (Å²) in [6.45, 7) is 13.2. The molecule has 12 rings (SSSR count). The molecule has 0 saturated carbocycles. The summed E-state index contributed by atoms with van der Waals surface area (Å²) >= 11 is 0. The van der Waals surface area contributed by atoms with Gasteiger partial charge in [-0.2, -0.15) is 0 Å². The molecule has 324 valence electrons. The maximum Gasteiger partial charge on any atom is 4.00 e. The van der Waals surface area contributed by atoms with E-state index in [1.54, 1.807) is 0 Å². The minimum Gasteiger partial charge on any atom is -0.358 e. The molecule has 0 saturated heterocycles. The van der Waals surface area contributed by atoms with Crippen LogP contribution in [0.4, 0.5) is 0 Å². The van der Waals surface area contributed by atoms with Crippen LogP contribution in [0, 0.1) is 56.4 Å². The van der Waals surface area contributed by atoms with Crippen molar-refractivity contribution < 1.29 is 25.8 Å². The second-order valence-electron chi connectivity index (χ2n) is 18.1. The summed E-state index contributed by atoms with van der Waals surface area (Å²) in [5, 5.41) is 15.7. The summed E-state index contributed by atoms with van der Waals surface area (Å²) in [5.74, 6) is 0.